The van der Waals surface area contributed by atoms with Crippen LogP contribution in [0.2, 0.25) is 0 Å². The monoisotopic (exact) mass is 249 g/mol. The lowest BCUT2D eigenvalue weighted by Gasteiger charge is -2.18. The number of benzene rings is 1. The molecule has 4 heteroatoms. The standard InChI is InChI=1S/C14H19NO3/c1-2-15-12(10-3-4-10)8-16-11-5-6-13-14(7-11)18-9-17-13/h5-7,10,12,15H,2-4,8-9H2,1H3. The number of hydrogen-bond acceptors (Lipinski definition) is 4. The third kappa shape index (κ3) is 2.53. The molecule has 2 aliphatic rings. The topological polar surface area (TPSA) is 39.7 Å². The zero-order valence-corrected chi connectivity index (χ0v) is 10.6. The molecule has 1 aliphatic heterocycles. The Hall–Kier alpha value is -1.42. The smallest absolute Gasteiger partial charge is 0.231 e. The van der Waals surface area contributed by atoms with Crippen molar-refractivity contribution in [3.8, 4) is 17.2 Å². The Morgan fingerprint density at radius 1 is 1.33 bits per heavy atom. The minimum atomic E-state index is 0.306. The summed E-state index contributed by atoms with van der Waals surface area (Å²) in [5.41, 5.74) is 0. The maximum Gasteiger partial charge on any atom is 0.231 e. The van der Waals surface area contributed by atoms with Gasteiger partial charge in [-0.2, -0.15) is 0 Å². The van der Waals surface area contributed by atoms with Crippen molar-refractivity contribution in [2.75, 3.05) is 19.9 Å². The molecule has 1 aromatic rings. The average Bonchev–Trinajstić information content (AvgIpc) is 3.12. The van der Waals surface area contributed by atoms with Gasteiger partial charge in [0.2, 0.25) is 6.79 Å². The number of nitrogens with one attached hydrogen (secondary N) is 1. The molecule has 1 unspecified atom stereocenters. The summed E-state index contributed by atoms with van der Waals surface area (Å²) in [7, 11) is 0. The molecule has 98 valence electrons. The Morgan fingerprint density at radius 3 is 2.94 bits per heavy atom. The highest BCUT2D eigenvalue weighted by Gasteiger charge is 2.31. The fourth-order valence-electron chi connectivity index (χ4n) is 2.28. The van der Waals surface area contributed by atoms with Crippen LogP contribution in [0.15, 0.2) is 18.2 Å². The third-order valence-corrected chi connectivity index (χ3v) is 3.43. The van der Waals surface area contributed by atoms with Crippen molar-refractivity contribution >= 4 is 0 Å². The Morgan fingerprint density at radius 2 is 2.17 bits per heavy atom. The second kappa shape index (κ2) is 5.06. The average molecular weight is 249 g/mol. The van der Waals surface area contributed by atoms with E-state index in [0.29, 0.717) is 12.8 Å². The SMILES string of the molecule is CCNC(COc1ccc2c(c1)OCO2)C1CC1. The summed E-state index contributed by atoms with van der Waals surface area (Å²) in [4.78, 5) is 0. The normalized spacial score (nSPS) is 18.7. The molecule has 1 saturated carbocycles. The van der Waals surface area contributed by atoms with Gasteiger partial charge in [-0.25, -0.2) is 0 Å². The molecule has 0 aromatic heterocycles. The summed E-state index contributed by atoms with van der Waals surface area (Å²) < 4.78 is 16.5. The van der Waals surface area contributed by atoms with Crippen molar-refractivity contribution < 1.29 is 14.2 Å². The molecule has 1 aliphatic carbocycles. The molecule has 0 radical (unpaired) electrons. The van der Waals surface area contributed by atoms with E-state index in [9.17, 15) is 0 Å². The van der Waals surface area contributed by atoms with Crippen molar-refractivity contribution in [1.82, 2.24) is 5.32 Å². The lowest BCUT2D eigenvalue weighted by molar-refractivity contribution is 0.173. The van der Waals surface area contributed by atoms with Gasteiger partial charge in [-0.1, -0.05) is 6.92 Å². The zero-order valence-electron chi connectivity index (χ0n) is 10.6. The molecule has 0 bridgehead atoms. The number of hydrogen-bond donors (Lipinski definition) is 1. The molecule has 18 heavy (non-hydrogen) atoms. The van der Waals surface area contributed by atoms with Gasteiger partial charge in [-0.3, -0.25) is 0 Å². The van der Waals surface area contributed by atoms with E-state index < -0.39 is 0 Å². The van der Waals surface area contributed by atoms with Crippen LogP contribution >= 0.6 is 0 Å². The predicted molar refractivity (Wildman–Crippen MR) is 68.2 cm³/mol. The fraction of sp³-hybridized carbons (Fsp3) is 0.571. The Balaban J connectivity index is 1.58. The zero-order chi connectivity index (χ0) is 12.4. The van der Waals surface area contributed by atoms with Crippen LogP contribution in [0, 0.1) is 5.92 Å². The highest BCUT2D eigenvalue weighted by Crippen LogP contribution is 2.36. The van der Waals surface area contributed by atoms with Crippen molar-refractivity contribution in [2.24, 2.45) is 5.92 Å². The summed E-state index contributed by atoms with van der Waals surface area (Å²) in [6.45, 7) is 4.15. The Bertz CT molecular complexity index is 418. The molecule has 0 saturated heterocycles. The largest absolute Gasteiger partial charge is 0.492 e. The van der Waals surface area contributed by atoms with E-state index in [1.54, 1.807) is 0 Å². The van der Waals surface area contributed by atoms with Gasteiger partial charge >= 0.3 is 0 Å². The molecule has 0 spiro atoms. The van der Waals surface area contributed by atoms with Crippen molar-refractivity contribution in [3.63, 3.8) is 0 Å². The van der Waals surface area contributed by atoms with E-state index in [4.69, 9.17) is 14.2 Å². The molecule has 1 fully saturated rings. The number of likely N-dealkylation sites (N-methyl/N-ethyl adjacent to an activating group) is 1. The van der Waals surface area contributed by atoms with Crippen LogP contribution in [0.4, 0.5) is 0 Å². The van der Waals surface area contributed by atoms with Gasteiger partial charge in [0.15, 0.2) is 11.5 Å². The van der Waals surface area contributed by atoms with Crippen molar-refractivity contribution in [2.45, 2.75) is 25.8 Å². The van der Waals surface area contributed by atoms with E-state index >= 15 is 0 Å². The van der Waals surface area contributed by atoms with Crippen LogP contribution in [0.1, 0.15) is 19.8 Å². The van der Waals surface area contributed by atoms with E-state index in [2.05, 4.69) is 12.2 Å². The predicted octanol–water partition coefficient (Wildman–Crippen LogP) is 2.18. The maximum atomic E-state index is 5.85. The summed E-state index contributed by atoms with van der Waals surface area (Å²) in [5.74, 6) is 3.22. The fourth-order valence-corrected chi connectivity index (χ4v) is 2.28. The lowest BCUT2D eigenvalue weighted by atomic mass is 10.2. The first kappa shape index (κ1) is 11.7. The maximum absolute atomic E-state index is 5.85. The molecule has 0 amide bonds. The lowest BCUT2D eigenvalue weighted by Crippen LogP contribution is -2.36. The Kier molecular flexibility index (Phi) is 3.28. The van der Waals surface area contributed by atoms with Gasteiger partial charge < -0.3 is 19.5 Å². The van der Waals surface area contributed by atoms with Crippen LogP contribution in [-0.2, 0) is 0 Å². The van der Waals surface area contributed by atoms with Crippen LogP contribution in [-0.4, -0.2) is 26.0 Å². The summed E-state index contributed by atoms with van der Waals surface area (Å²) in [6.07, 6.45) is 2.64. The van der Waals surface area contributed by atoms with Gasteiger partial charge in [0.25, 0.3) is 0 Å². The molecule has 4 nitrogen and oxygen atoms in total. The molecule has 1 aromatic carbocycles. The quantitative estimate of drug-likeness (QED) is 0.839. The second-order valence-electron chi connectivity index (χ2n) is 4.83. The van der Waals surface area contributed by atoms with Gasteiger partial charge in [-0.15, -0.1) is 0 Å². The van der Waals surface area contributed by atoms with Gasteiger partial charge in [0.05, 0.1) is 0 Å². The molecule has 1 N–H and O–H groups in total. The summed E-state index contributed by atoms with van der Waals surface area (Å²) in [6, 6.07) is 6.21. The van der Waals surface area contributed by atoms with Crippen molar-refractivity contribution in [3.05, 3.63) is 18.2 Å². The van der Waals surface area contributed by atoms with E-state index in [1.165, 1.54) is 12.8 Å². The Labute approximate surface area is 107 Å². The van der Waals surface area contributed by atoms with E-state index in [0.717, 1.165) is 36.3 Å². The van der Waals surface area contributed by atoms with E-state index in [1.807, 2.05) is 18.2 Å². The van der Waals surface area contributed by atoms with Crippen molar-refractivity contribution in [1.29, 1.82) is 0 Å². The summed E-state index contributed by atoms with van der Waals surface area (Å²) >= 11 is 0. The second-order valence-corrected chi connectivity index (χ2v) is 4.83. The first-order chi connectivity index (χ1) is 8.86. The molecular formula is C14H19NO3. The van der Waals surface area contributed by atoms with Gasteiger partial charge in [-0.05, 0) is 37.4 Å². The minimum Gasteiger partial charge on any atom is -0.492 e. The number of rotatable bonds is 6. The first-order valence-electron chi connectivity index (χ1n) is 6.62. The first-order valence-corrected chi connectivity index (χ1v) is 6.62. The number of fused-ring (bicyclic) bond motifs is 1. The number of ether oxygens (including phenoxy) is 3. The molecular weight excluding hydrogens is 230 g/mol. The van der Waals surface area contributed by atoms with E-state index in [-0.39, 0.29) is 0 Å². The molecule has 3 rings (SSSR count). The summed E-state index contributed by atoms with van der Waals surface area (Å²) in [5, 5.41) is 3.49. The highest BCUT2D eigenvalue weighted by atomic mass is 16.7. The van der Waals surface area contributed by atoms with Crippen LogP contribution in [0.5, 0.6) is 17.2 Å². The minimum absolute atomic E-state index is 0.306. The highest BCUT2D eigenvalue weighted by molar-refractivity contribution is 5.46. The van der Waals surface area contributed by atoms with Crippen LogP contribution in [0.3, 0.4) is 0 Å². The molecule has 1 heterocycles. The van der Waals surface area contributed by atoms with Gasteiger partial charge in [0, 0.05) is 12.1 Å². The van der Waals surface area contributed by atoms with Crippen LogP contribution < -0.4 is 19.5 Å². The van der Waals surface area contributed by atoms with Crippen LogP contribution in [0.25, 0.3) is 0 Å². The molecule has 1 atom stereocenters. The van der Waals surface area contributed by atoms with Gasteiger partial charge in [0.1, 0.15) is 12.4 Å². The third-order valence-electron chi connectivity index (χ3n) is 3.43.